The summed E-state index contributed by atoms with van der Waals surface area (Å²) in [7, 11) is 0. The van der Waals surface area contributed by atoms with E-state index in [1.54, 1.807) is 6.07 Å². The Balaban J connectivity index is 1.44. The van der Waals surface area contributed by atoms with E-state index in [2.05, 4.69) is 19.7 Å². The number of anilines is 1. The number of nitrogens with one attached hydrogen (secondary N) is 2. The molecule has 0 bridgehead atoms. The van der Waals surface area contributed by atoms with Crippen molar-refractivity contribution in [3.05, 3.63) is 39.9 Å². The van der Waals surface area contributed by atoms with Crippen LogP contribution >= 0.6 is 11.5 Å². The van der Waals surface area contributed by atoms with Gasteiger partial charge in [-0.2, -0.15) is 4.37 Å². The maximum Gasteiger partial charge on any atom is 0.273 e. The third-order valence-electron chi connectivity index (χ3n) is 5.61. The summed E-state index contributed by atoms with van der Waals surface area (Å²) in [5.74, 6) is 0.672. The predicted molar refractivity (Wildman–Crippen MR) is 95.8 cm³/mol. The maximum absolute atomic E-state index is 12.5. The predicted octanol–water partition coefficient (Wildman–Crippen LogP) is 2.11. The largest absolute Gasteiger partial charge is 0.367 e. The Morgan fingerprint density at radius 1 is 1.36 bits per heavy atom. The molecule has 1 unspecified atom stereocenters. The zero-order chi connectivity index (χ0) is 17.3. The number of piperidine rings is 1. The second kappa shape index (κ2) is 6.59. The Kier molecular flexibility index (Phi) is 4.29. The number of hydrogen-bond acceptors (Lipinski definition) is 6. The van der Waals surface area contributed by atoms with Crippen LogP contribution in [0.15, 0.2) is 28.6 Å². The molecular weight excluding hydrogens is 338 g/mol. The first kappa shape index (κ1) is 16.3. The van der Waals surface area contributed by atoms with Gasteiger partial charge >= 0.3 is 0 Å². The van der Waals surface area contributed by atoms with Crippen LogP contribution in [0, 0.1) is 5.41 Å². The zero-order valence-corrected chi connectivity index (χ0v) is 14.7. The Labute approximate surface area is 149 Å². The van der Waals surface area contributed by atoms with E-state index >= 15 is 0 Å². The van der Waals surface area contributed by atoms with Crippen LogP contribution in [-0.2, 0) is 0 Å². The highest BCUT2D eigenvalue weighted by Gasteiger charge is 2.45. The van der Waals surface area contributed by atoms with Crippen molar-refractivity contribution in [2.75, 3.05) is 18.4 Å². The van der Waals surface area contributed by atoms with Gasteiger partial charge in [0, 0.05) is 30.6 Å². The average Bonchev–Trinajstić information content (AvgIpc) is 3.27. The van der Waals surface area contributed by atoms with E-state index in [1.165, 1.54) is 30.3 Å². The van der Waals surface area contributed by atoms with Gasteiger partial charge in [0.25, 0.3) is 11.5 Å². The van der Waals surface area contributed by atoms with Gasteiger partial charge in [-0.1, -0.05) is 6.42 Å². The minimum absolute atomic E-state index is 0.0369. The molecule has 25 heavy (non-hydrogen) atoms. The smallest absolute Gasteiger partial charge is 0.273 e. The summed E-state index contributed by atoms with van der Waals surface area (Å²) in [5.41, 5.74) is 0.589. The third-order valence-corrected chi connectivity index (χ3v) is 6.17. The number of carbonyl (C=O) groups is 1. The lowest BCUT2D eigenvalue weighted by Crippen LogP contribution is -2.48. The van der Waals surface area contributed by atoms with Crippen molar-refractivity contribution >= 4 is 23.3 Å². The fraction of sp³-hybridized carbons (Fsp3) is 0.529. The van der Waals surface area contributed by atoms with Gasteiger partial charge in [0.1, 0.15) is 11.5 Å². The Hall–Kier alpha value is -2.22. The van der Waals surface area contributed by atoms with E-state index in [-0.39, 0.29) is 16.9 Å². The van der Waals surface area contributed by atoms with Crippen LogP contribution in [-0.4, -0.2) is 44.3 Å². The van der Waals surface area contributed by atoms with Gasteiger partial charge in [0.2, 0.25) is 0 Å². The molecule has 1 spiro atoms. The molecule has 2 aliphatic rings. The number of nitrogens with zero attached hydrogens (tertiary/aromatic N) is 3. The Morgan fingerprint density at radius 2 is 2.20 bits per heavy atom. The van der Waals surface area contributed by atoms with Crippen LogP contribution in [0.4, 0.5) is 5.82 Å². The molecule has 2 N–H and O–H groups in total. The molecule has 2 fully saturated rings. The fourth-order valence-corrected chi connectivity index (χ4v) is 4.73. The molecule has 1 saturated carbocycles. The van der Waals surface area contributed by atoms with E-state index in [1.807, 2.05) is 10.3 Å². The van der Waals surface area contributed by atoms with Crippen molar-refractivity contribution in [1.82, 2.24) is 19.2 Å². The summed E-state index contributed by atoms with van der Waals surface area (Å²) in [4.78, 5) is 32.6. The molecule has 132 valence electrons. The average molecular weight is 359 g/mol. The number of aromatic amines is 1. The number of amides is 1. The zero-order valence-electron chi connectivity index (χ0n) is 13.9. The van der Waals surface area contributed by atoms with E-state index in [9.17, 15) is 9.59 Å². The van der Waals surface area contributed by atoms with Gasteiger partial charge in [0.15, 0.2) is 0 Å². The highest BCUT2D eigenvalue weighted by atomic mass is 32.1. The van der Waals surface area contributed by atoms with Crippen molar-refractivity contribution in [3.8, 4) is 0 Å². The Bertz CT molecular complexity index is 795. The number of carbonyl (C=O) groups excluding carboxylic acids is 1. The first-order valence-electron chi connectivity index (χ1n) is 8.67. The lowest BCUT2D eigenvalue weighted by atomic mass is 9.74. The third kappa shape index (κ3) is 3.18. The van der Waals surface area contributed by atoms with Crippen LogP contribution in [0.25, 0.3) is 0 Å². The van der Waals surface area contributed by atoms with Crippen molar-refractivity contribution in [2.45, 2.75) is 38.1 Å². The minimum Gasteiger partial charge on any atom is -0.367 e. The number of aromatic nitrogens is 3. The highest BCUT2D eigenvalue weighted by Crippen LogP contribution is 2.47. The molecule has 7 nitrogen and oxygen atoms in total. The first-order valence-corrected chi connectivity index (χ1v) is 9.51. The van der Waals surface area contributed by atoms with E-state index < -0.39 is 0 Å². The molecule has 1 aliphatic carbocycles. The van der Waals surface area contributed by atoms with Crippen LogP contribution in [0.3, 0.4) is 0 Å². The normalized spacial score (nSPS) is 22.2. The molecule has 2 aromatic heterocycles. The number of likely N-dealkylation sites (tertiary alicyclic amines) is 1. The maximum atomic E-state index is 12.5. The van der Waals surface area contributed by atoms with Crippen molar-refractivity contribution < 1.29 is 4.79 Å². The summed E-state index contributed by atoms with van der Waals surface area (Å²) in [6.45, 7) is 1.52. The standard InChI is InChI=1S/C17H21N5O2S/c23-15-10-14(18-11-19-15)20-13-2-1-4-17(13)5-7-22(8-6-17)16(24)12-3-9-25-21-12/h3,9-11,13H,1-2,4-8H2,(H2,18,19,20,23). The molecular formula is C17H21N5O2S. The number of rotatable bonds is 3. The number of hydrogen-bond donors (Lipinski definition) is 2. The summed E-state index contributed by atoms with van der Waals surface area (Å²) < 4.78 is 4.16. The topological polar surface area (TPSA) is 91.0 Å². The first-order chi connectivity index (χ1) is 12.2. The quantitative estimate of drug-likeness (QED) is 0.876. The van der Waals surface area contributed by atoms with Gasteiger partial charge in [-0.3, -0.25) is 9.59 Å². The fourth-order valence-electron chi connectivity index (χ4n) is 4.23. The SMILES string of the molecule is O=C(c1ccsn1)N1CCC2(CCCC2Nc2cc(=O)[nH]cn2)CC1. The second-order valence-electron chi connectivity index (χ2n) is 6.92. The van der Waals surface area contributed by atoms with Gasteiger partial charge in [-0.15, -0.1) is 0 Å². The lowest BCUT2D eigenvalue weighted by molar-refractivity contribution is 0.0564. The van der Waals surface area contributed by atoms with Crippen LogP contribution in [0.5, 0.6) is 0 Å². The van der Waals surface area contributed by atoms with Crippen LogP contribution in [0.1, 0.15) is 42.6 Å². The second-order valence-corrected chi connectivity index (χ2v) is 7.59. The molecule has 3 heterocycles. The molecule has 1 saturated heterocycles. The van der Waals surface area contributed by atoms with Crippen molar-refractivity contribution in [2.24, 2.45) is 5.41 Å². The number of H-pyrrole nitrogens is 1. The molecule has 8 heteroatoms. The van der Waals surface area contributed by atoms with Crippen molar-refractivity contribution in [3.63, 3.8) is 0 Å². The molecule has 0 radical (unpaired) electrons. The molecule has 1 amide bonds. The summed E-state index contributed by atoms with van der Waals surface area (Å²) in [5, 5.41) is 5.31. The van der Waals surface area contributed by atoms with E-state index in [0.29, 0.717) is 17.6 Å². The summed E-state index contributed by atoms with van der Waals surface area (Å²) in [6.07, 6.45) is 6.79. The molecule has 1 atom stereocenters. The minimum atomic E-state index is -0.145. The van der Waals surface area contributed by atoms with Gasteiger partial charge < -0.3 is 15.2 Å². The summed E-state index contributed by atoms with van der Waals surface area (Å²) in [6, 6.07) is 3.60. The van der Waals surface area contributed by atoms with E-state index in [0.717, 1.165) is 38.8 Å². The summed E-state index contributed by atoms with van der Waals surface area (Å²) >= 11 is 1.31. The molecule has 2 aromatic rings. The van der Waals surface area contributed by atoms with Gasteiger partial charge in [-0.05, 0) is 48.7 Å². The van der Waals surface area contributed by atoms with Crippen LogP contribution < -0.4 is 10.9 Å². The monoisotopic (exact) mass is 359 g/mol. The van der Waals surface area contributed by atoms with Crippen LogP contribution in [0.2, 0.25) is 0 Å². The lowest BCUT2D eigenvalue weighted by Gasteiger charge is -2.43. The van der Waals surface area contributed by atoms with Crippen molar-refractivity contribution in [1.29, 1.82) is 0 Å². The molecule has 4 rings (SSSR count). The van der Waals surface area contributed by atoms with E-state index in [4.69, 9.17) is 0 Å². The molecule has 0 aromatic carbocycles. The van der Waals surface area contributed by atoms with Gasteiger partial charge in [0.05, 0.1) is 6.33 Å². The van der Waals surface area contributed by atoms with Gasteiger partial charge in [-0.25, -0.2) is 4.98 Å². The molecule has 1 aliphatic heterocycles. The Morgan fingerprint density at radius 3 is 2.92 bits per heavy atom. The highest BCUT2D eigenvalue weighted by molar-refractivity contribution is 7.03.